The summed E-state index contributed by atoms with van der Waals surface area (Å²) in [6.45, 7) is 0. The molecule has 0 saturated heterocycles. The molecule has 29 heavy (non-hydrogen) atoms. The summed E-state index contributed by atoms with van der Waals surface area (Å²) in [6, 6.07) is 5.91. The van der Waals surface area contributed by atoms with Crippen molar-refractivity contribution in [2.45, 2.75) is 23.6 Å². The monoisotopic (exact) mass is 449 g/mol. The fraction of sp³-hybridized carbons (Fsp3) is 0.222. The van der Waals surface area contributed by atoms with Crippen LogP contribution in [0.5, 0.6) is 0 Å². The van der Waals surface area contributed by atoms with E-state index in [1.807, 2.05) is 0 Å². The summed E-state index contributed by atoms with van der Waals surface area (Å²) in [5.74, 6) is -0.925. The summed E-state index contributed by atoms with van der Waals surface area (Å²) in [4.78, 5) is 25.3. The van der Waals surface area contributed by atoms with Crippen LogP contribution in [0.25, 0.3) is 0 Å². The van der Waals surface area contributed by atoms with Crippen LogP contribution in [-0.2, 0) is 17.6 Å². The summed E-state index contributed by atoms with van der Waals surface area (Å²) < 4.78 is 13.6. The molecule has 2 heterocycles. The van der Waals surface area contributed by atoms with Gasteiger partial charge in [0.25, 0.3) is 5.91 Å². The number of rotatable bonds is 7. The number of nitrogens with one attached hydrogen (secondary N) is 2. The molecule has 0 atom stereocenters. The maximum atomic E-state index is 13.0. The number of benzene rings is 1. The standard InChI is InChI=1S/C18H16FN5O2S3/c19-9-4-6-10(7-5-9)21-17-23-24-18(29-17)27-8-13(25)22-16-14(15(20)26)11-2-1-3-12(11)28-16/h4-7H,1-3,8H2,(H2,20,26)(H,21,23)(H,22,25). The predicted molar refractivity (Wildman–Crippen MR) is 114 cm³/mol. The van der Waals surface area contributed by atoms with E-state index in [1.54, 1.807) is 12.1 Å². The maximum absolute atomic E-state index is 13.0. The van der Waals surface area contributed by atoms with E-state index in [-0.39, 0.29) is 17.5 Å². The lowest BCUT2D eigenvalue weighted by atomic mass is 10.1. The summed E-state index contributed by atoms with van der Waals surface area (Å²) in [6.07, 6.45) is 2.75. The van der Waals surface area contributed by atoms with Gasteiger partial charge in [0, 0.05) is 10.6 Å². The summed E-state index contributed by atoms with van der Waals surface area (Å²) >= 11 is 3.97. The number of aryl methyl sites for hydroxylation is 1. The van der Waals surface area contributed by atoms with Crippen LogP contribution in [0.4, 0.5) is 20.2 Å². The van der Waals surface area contributed by atoms with Crippen LogP contribution in [0.2, 0.25) is 0 Å². The zero-order chi connectivity index (χ0) is 20.4. The van der Waals surface area contributed by atoms with Gasteiger partial charge in [0.1, 0.15) is 10.8 Å². The fourth-order valence-electron chi connectivity index (χ4n) is 3.02. The SMILES string of the molecule is NC(=O)c1c(NC(=O)CSc2nnc(Nc3ccc(F)cc3)s2)sc2c1CCC2. The Bertz CT molecular complexity index is 1060. The zero-order valence-corrected chi connectivity index (χ0v) is 17.5. The second-order valence-corrected chi connectivity index (χ2v) is 9.57. The van der Waals surface area contributed by atoms with Gasteiger partial charge in [0.2, 0.25) is 11.0 Å². The summed E-state index contributed by atoms with van der Waals surface area (Å²) in [7, 11) is 0. The van der Waals surface area contributed by atoms with Gasteiger partial charge in [-0.3, -0.25) is 9.59 Å². The molecule has 0 spiro atoms. The second kappa shape index (κ2) is 8.47. The smallest absolute Gasteiger partial charge is 0.251 e. The molecule has 0 fully saturated rings. The Morgan fingerprint density at radius 2 is 1.97 bits per heavy atom. The Morgan fingerprint density at radius 1 is 1.17 bits per heavy atom. The van der Waals surface area contributed by atoms with Gasteiger partial charge < -0.3 is 16.4 Å². The minimum absolute atomic E-state index is 0.131. The largest absolute Gasteiger partial charge is 0.365 e. The molecule has 0 saturated carbocycles. The number of hydrogen-bond acceptors (Lipinski definition) is 8. The first kappa shape index (κ1) is 19.8. The molecule has 7 nitrogen and oxygen atoms in total. The Labute approximate surface area is 177 Å². The van der Waals surface area contributed by atoms with Gasteiger partial charge in [-0.05, 0) is 49.1 Å². The molecule has 0 radical (unpaired) electrons. The number of nitrogens with zero attached hydrogens (tertiary/aromatic N) is 2. The van der Waals surface area contributed by atoms with E-state index in [1.165, 1.54) is 46.6 Å². The normalized spacial score (nSPS) is 12.6. The van der Waals surface area contributed by atoms with E-state index in [0.29, 0.717) is 25.7 Å². The number of carbonyl (C=O) groups excluding carboxylic acids is 2. The summed E-state index contributed by atoms with van der Waals surface area (Å²) in [5.41, 5.74) is 7.63. The average Bonchev–Trinajstić information content (AvgIpc) is 3.38. The quantitative estimate of drug-likeness (QED) is 0.473. The highest BCUT2D eigenvalue weighted by Gasteiger charge is 2.26. The van der Waals surface area contributed by atoms with Crippen molar-refractivity contribution in [1.29, 1.82) is 0 Å². The molecule has 0 unspecified atom stereocenters. The lowest BCUT2D eigenvalue weighted by Crippen LogP contribution is -2.18. The molecule has 0 aliphatic heterocycles. The molecule has 4 rings (SSSR count). The van der Waals surface area contributed by atoms with Gasteiger partial charge >= 0.3 is 0 Å². The minimum atomic E-state index is -0.506. The Hall–Kier alpha value is -2.50. The van der Waals surface area contributed by atoms with Gasteiger partial charge in [-0.2, -0.15) is 0 Å². The van der Waals surface area contributed by atoms with Gasteiger partial charge in [0.05, 0.1) is 11.3 Å². The third-order valence-corrected chi connectivity index (χ3v) is 7.43. The maximum Gasteiger partial charge on any atom is 0.251 e. The predicted octanol–water partition coefficient (Wildman–Crippen LogP) is 3.80. The number of aromatic nitrogens is 2. The number of thiophene rings is 1. The molecule has 11 heteroatoms. The van der Waals surface area contributed by atoms with E-state index in [9.17, 15) is 14.0 Å². The fourth-order valence-corrected chi connectivity index (χ4v) is 5.90. The molecule has 1 aromatic carbocycles. The molecule has 1 aliphatic carbocycles. The van der Waals surface area contributed by atoms with E-state index in [2.05, 4.69) is 20.8 Å². The number of fused-ring (bicyclic) bond motifs is 1. The van der Waals surface area contributed by atoms with Crippen molar-refractivity contribution in [3.63, 3.8) is 0 Å². The number of primary amides is 1. The van der Waals surface area contributed by atoms with Gasteiger partial charge in [-0.1, -0.05) is 23.1 Å². The van der Waals surface area contributed by atoms with Crippen LogP contribution < -0.4 is 16.4 Å². The molecule has 0 bridgehead atoms. The Balaban J connectivity index is 1.34. The second-order valence-electron chi connectivity index (χ2n) is 6.27. The number of thioether (sulfide) groups is 1. The highest BCUT2D eigenvalue weighted by Crippen LogP contribution is 2.39. The number of hydrogen-bond donors (Lipinski definition) is 3. The summed E-state index contributed by atoms with van der Waals surface area (Å²) in [5, 5.41) is 15.0. The van der Waals surface area contributed by atoms with Crippen molar-refractivity contribution in [2.75, 3.05) is 16.4 Å². The lowest BCUT2D eigenvalue weighted by molar-refractivity contribution is -0.113. The van der Waals surface area contributed by atoms with E-state index >= 15 is 0 Å². The van der Waals surface area contributed by atoms with E-state index in [0.717, 1.165) is 29.7 Å². The number of carbonyl (C=O) groups is 2. The molecule has 2 amide bonds. The van der Waals surface area contributed by atoms with Crippen LogP contribution in [-0.4, -0.2) is 27.8 Å². The zero-order valence-electron chi connectivity index (χ0n) is 15.0. The van der Waals surface area contributed by atoms with Gasteiger partial charge in [-0.15, -0.1) is 21.5 Å². The van der Waals surface area contributed by atoms with Crippen molar-refractivity contribution in [3.8, 4) is 0 Å². The Kier molecular flexibility index (Phi) is 5.79. The van der Waals surface area contributed by atoms with Crippen molar-refractivity contribution in [2.24, 2.45) is 5.73 Å². The molecule has 150 valence electrons. The van der Waals surface area contributed by atoms with Crippen molar-refractivity contribution in [1.82, 2.24) is 10.2 Å². The van der Waals surface area contributed by atoms with Crippen molar-refractivity contribution < 1.29 is 14.0 Å². The number of halogens is 1. The molecule has 4 N–H and O–H groups in total. The van der Waals surface area contributed by atoms with Crippen LogP contribution in [0.15, 0.2) is 28.6 Å². The molecule has 3 aromatic rings. The van der Waals surface area contributed by atoms with E-state index in [4.69, 9.17) is 5.73 Å². The van der Waals surface area contributed by atoms with Gasteiger partial charge in [0.15, 0.2) is 4.34 Å². The molecular formula is C18H16FN5O2S3. The average molecular weight is 450 g/mol. The van der Waals surface area contributed by atoms with Crippen molar-refractivity contribution >= 4 is 62.1 Å². The molecule has 1 aliphatic rings. The minimum Gasteiger partial charge on any atom is -0.365 e. The van der Waals surface area contributed by atoms with E-state index < -0.39 is 5.91 Å². The van der Waals surface area contributed by atoms with Crippen LogP contribution in [0, 0.1) is 5.82 Å². The van der Waals surface area contributed by atoms with Crippen molar-refractivity contribution in [3.05, 3.63) is 46.1 Å². The number of amides is 2. The van der Waals surface area contributed by atoms with Crippen LogP contribution >= 0.6 is 34.4 Å². The molecular weight excluding hydrogens is 433 g/mol. The highest BCUT2D eigenvalue weighted by atomic mass is 32.2. The van der Waals surface area contributed by atoms with Gasteiger partial charge in [-0.25, -0.2) is 4.39 Å². The first-order chi connectivity index (χ1) is 14.0. The molecule has 2 aromatic heterocycles. The Morgan fingerprint density at radius 3 is 2.72 bits per heavy atom. The lowest BCUT2D eigenvalue weighted by Gasteiger charge is -2.05. The third kappa shape index (κ3) is 4.57. The number of nitrogens with two attached hydrogens (primary N) is 1. The van der Waals surface area contributed by atoms with Crippen LogP contribution in [0.1, 0.15) is 27.2 Å². The number of anilines is 3. The third-order valence-electron chi connectivity index (χ3n) is 4.25. The highest BCUT2D eigenvalue weighted by molar-refractivity contribution is 8.01. The first-order valence-corrected chi connectivity index (χ1v) is 11.3. The first-order valence-electron chi connectivity index (χ1n) is 8.72. The van der Waals surface area contributed by atoms with Crippen LogP contribution in [0.3, 0.4) is 0 Å². The topological polar surface area (TPSA) is 110 Å².